The van der Waals surface area contributed by atoms with Crippen LogP contribution >= 0.6 is 23.6 Å². The van der Waals surface area contributed by atoms with Crippen LogP contribution in [0.4, 0.5) is 19.6 Å². The number of benzene rings is 1. The van der Waals surface area contributed by atoms with Gasteiger partial charge in [0.15, 0.2) is 16.8 Å². The minimum absolute atomic E-state index is 0.00214. The zero-order valence-electron chi connectivity index (χ0n) is 11.8. The van der Waals surface area contributed by atoms with Crippen molar-refractivity contribution >= 4 is 39.4 Å². The monoisotopic (exact) mass is 327 g/mol. The number of hydrogen-bond acceptors (Lipinski definition) is 4. The van der Waals surface area contributed by atoms with E-state index in [1.807, 2.05) is 26.2 Å². The molecule has 0 amide bonds. The van der Waals surface area contributed by atoms with E-state index in [2.05, 4.69) is 22.5 Å². The van der Waals surface area contributed by atoms with Gasteiger partial charge in [-0.15, -0.1) is 11.3 Å². The summed E-state index contributed by atoms with van der Waals surface area (Å²) >= 11 is 6.00. The van der Waals surface area contributed by atoms with Crippen LogP contribution in [0.2, 0.25) is 0 Å². The Morgan fingerprint density at radius 2 is 1.95 bits per heavy atom. The minimum atomic E-state index is -1.06. The maximum absolute atomic E-state index is 14.0. The van der Waals surface area contributed by atoms with Crippen molar-refractivity contribution in [3.8, 4) is 0 Å². The lowest BCUT2D eigenvalue weighted by Gasteiger charge is -2.14. The lowest BCUT2D eigenvalue weighted by Crippen LogP contribution is -2.13. The third-order valence-corrected chi connectivity index (χ3v) is 3.84. The van der Waals surface area contributed by atoms with E-state index in [0.29, 0.717) is 5.13 Å². The van der Waals surface area contributed by atoms with Gasteiger partial charge in [0.05, 0.1) is 11.4 Å². The van der Waals surface area contributed by atoms with Crippen LogP contribution in [0.25, 0.3) is 0 Å². The van der Waals surface area contributed by atoms with Crippen LogP contribution in [-0.4, -0.2) is 9.97 Å². The Kier molecular flexibility index (Phi) is 4.25. The van der Waals surface area contributed by atoms with Gasteiger partial charge in [-0.05, 0) is 12.1 Å². The van der Waals surface area contributed by atoms with Gasteiger partial charge in [-0.2, -0.15) is 0 Å². The summed E-state index contributed by atoms with van der Waals surface area (Å²) in [5.41, 5.74) is 6.01. The second kappa shape index (κ2) is 5.65. The molecule has 0 aliphatic carbocycles. The average molecular weight is 327 g/mol. The highest BCUT2D eigenvalue weighted by atomic mass is 32.1. The van der Waals surface area contributed by atoms with Crippen LogP contribution < -0.4 is 11.1 Å². The molecule has 3 nitrogen and oxygen atoms in total. The van der Waals surface area contributed by atoms with Crippen molar-refractivity contribution in [2.75, 3.05) is 5.32 Å². The number of aromatic nitrogens is 1. The van der Waals surface area contributed by atoms with E-state index in [9.17, 15) is 8.78 Å². The third-order valence-electron chi connectivity index (χ3n) is 2.86. The first-order valence-corrected chi connectivity index (χ1v) is 7.50. The molecule has 2 rings (SSSR count). The van der Waals surface area contributed by atoms with Crippen LogP contribution in [0.15, 0.2) is 17.5 Å². The largest absolute Gasteiger partial charge is 0.389 e. The van der Waals surface area contributed by atoms with Gasteiger partial charge in [-0.3, -0.25) is 0 Å². The molecule has 0 bridgehead atoms. The number of nitrogens with two attached hydrogens (primary N) is 1. The molecule has 0 saturated carbocycles. The fourth-order valence-corrected chi connectivity index (χ4v) is 2.73. The first-order chi connectivity index (χ1) is 9.70. The van der Waals surface area contributed by atoms with Gasteiger partial charge in [-0.1, -0.05) is 33.0 Å². The smallest absolute Gasteiger partial charge is 0.187 e. The van der Waals surface area contributed by atoms with E-state index >= 15 is 0 Å². The first kappa shape index (κ1) is 15.8. The van der Waals surface area contributed by atoms with Gasteiger partial charge in [0.25, 0.3) is 0 Å². The molecule has 0 aliphatic rings. The number of thiocarbonyl (C=S) groups is 1. The number of nitrogens with one attached hydrogen (secondary N) is 1. The molecule has 112 valence electrons. The summed E-state index contributed by atoms with van der Waals surface area (Å²) in [6.45, 7) is 6.09. The molecule has 0 fully saturated rings. The van der Waals surface area contributed by atoms with Crippen molar-refractivity contribution in [3.63, 3.8) is 0 Å². The molecule has 7 heteroatoms. The molecule has 0 atom stereocenters. The number of rotatable bonds is 3. The van der Waals surface area contributed by atoms with Gasteiger partial charge in [-0.25, -0.2) is 13.8 Å². The van der Waals surface area contributed by atoms with Crippen molar-refractivity contribution in [2.24, 2.45) is 5.73 Å². The molecule has 1 aromatic carbocycles. The topological polar surface area (TPSA) is 50.9 Å². The summed E-state index contributed by atoms with van der Waals surface area (Å²) in [4.78, 5) is 4.19. The Morgan fingerprint density at radius 1 is 1.29 bits per heavy atom. The summed E-state index contributed by atoms with van der Waals surface area (Å²) in [5.74, 6) is -2.08. The summed E-state index contributed by atoms with van der Waals surface area (Å²) in [6.07, 6.45) is 0. The Hall–Kier alpha value is -1.60. The Labute approximate surface area is 131 Å². The average Bonchev–Trinajstić information content (AvgIpc) is 2.83. The minimum Gasteiger partial charge on any atom is -0.389 e. The SMILES string of the molecule is CC(C)(C)c1csc(Nc2ccc(C(N)=S)c(F)c2F)n1. The highest BCUT2D eigenvalue weighted by molar-refractivity contribution is 7.80. The summed E-state index contributed by atoms with van der Waals surface area (Å²) in [6, 6.07) is 2.74. The van der Waals surface area contributed by atoms with Crippen molar-refractivity contribution in [1.82, 2.24) is 4.98 Å². The molecular formula is C14H15F2N3S2. The van der Waals surface area contributed by atoms with E-state index in [4.69, 9.17) is 5.73 Å². The van der Waals surface area contributed by atoms with Crippen LogP contribution in [0, 0.1) is 11.6 Å². The van der Waals surface area contributed by atoms with Crippen molar-refractivity contribution in [3.05, 3.63) is 40.4 Å². The quantitative estimate of drug-likeness (QED) is 0.834. The Morgan fingerprint density at radius 3 is 2.48 bits per heavy atom. The fraction of sp³-hybridized carbons (Fsp3) is 0.286. The summed E-state index contributed by atoms with van der Waals surface area (Å²) < 4.78 is 27.8. The molecule has 0 aliphatic heterocycles. The predicted octanol–water partition coefficient (Wildman–Crippen LogP) is 4.10. The summed E-state index contributed by atoms with van der Waals surface area (Å²) in [7, 11) is 0. The molecule has 0 spiro atoms. The van der Waals surface area contributed by atoms with E-state index in [1.165, 1.54) is 23.5 Å². The van der Waals surface area contributed by atoms with E-state index < -0.39 is 11.6 Å². The lowest BCUT2D eigenvalue weighted by molar-refractivity contribution is 0.510. The Balaban J connectivity index is 2.30. The van der Waals surface area contributed by atoms with E-state index in [-0.39, 0.29) is 21.7 Å². The number of nitrogens with zero attached hydrogens (tertiary/aromatic N) is 1. The van der Waals surface area contributed by atoms with Crippen LogP contribution in [-0.2, 0) is 5.41 Å². The standard InChI is InChI=1S/C14H15F2N3S2/c1-14(2,3)9-6-21-13(19-9)18-8-5-4-7(12(17)20)10(15)11(8)16/h4-6H,1-3H3,(H2,17,20)(H,18,19). The summed E-state index contributed by atoms with van der Waals surface area (Å²) in [5, 5.41) is 5.17. The maximum Gasteiger partial charge on any atom is 0.187 e. The zero-order valence-corrected chi connectivity index (χ0v) is 13.5. The molecule has 1 heterocycles. The van der Waals surface area contributed by atoms with Gasteiger partial charge in [0.2, 0.25) is 0 Å². The van der Waals surface area contributed by atoms with Gasteiger partial charge in [0, 0.05) is 16.4 Å². The van der Waals surface area contributed by atoms with Crippen molar-refractivity contribution in [2.45, 2.75) is 26.2 Å². The fourth-order valence-electron chi connectivity index (χ4n) is 1.63. The zero-order chi connectivity index (χ0) is 15.8. The predicted molar refractivity (Wildman–Crippen MR) is 86.3 cm³/mol. The van der Waals surface area contributed by atoms with E-state index in [0.717, 1.165) is 5.69 Å². The number of anilines is 2. The van der Waals surface area contributed by atoms with E-state index in [1.54, 1.807) is 0 Å². The van der Waals surface area contributed by atoms with Gasteiger partial charge < -0.3 is 11.1 Å². The Bertz CT molecular complexity index is 690. The lowest BCUT2D eigenvalue weighted by atomic mass is 9.93. The van der Waals surface area contributed by atoms with Gasteiger partial charge >= 0.3 is 0 Å². The van der Waals surface area contributed by atoms with Crippen LogP contribution in [0.1, 0.15) is 32.0 Å². The molecule has 3 N–H and O–H groups in total. The van der Waals surface area contributed by atoms with Gasteiger partial charge in [0.1, 0.15) is 4.99 Å². The highest BCUT2D eigenvalue weighted by Crippen LogP contribution is 2.30. The second-order valence-electron chi connectivity index (χ2n) is 5.57. The molecular weight excluding hydrogens is 312 g/mol. The van der Waals surface area contributed by atoms with Crippen LogP contribution in [0.5, 0.6) is 0 Å². The second-order valence-corrected chi connectivity index (χ2v) is 6.86. The molecule has 2 aromatic rings. The third kappa shape index (κ3) is 3.36. The molecule has 0 radical (unpaired) electrons. The molecule has 1 aromatic heterocycles. The van der Waals surface area contributed by atoms with Crippen molar-refractivity contribution < 1.29 is 8.78 Å². The highest BCUT2D eigenvalue weighted by Gasteiger charge is 2.19. The number of thiazole rings is 1. The first-order valence-electron chi connectivity index (χ1n) is 6.21. The van der Waals surface area contributed by atoms with Crippen LogP contribution in [0.3, 0.4) is 0 Å². The number of halogens is 2. The maximum atomic E-state index is 14.0. The molecule has 0 unspecified atom stereocenters. The molecule has 21 heavy (non-hydrogen) atoms. The normalized spacial score (nSPS) is 11.5. The number of hydrogen-bond donors (Lipinski definition) is 2. The van der Waals surface area contributed by atoms with Crippen molar-refractivity contribution in [1.29, 1.82) is 0 Å². The molecule has 0 saturated heterocycles.